The van der Waals surface area contributed by atoms with Gasteiger partial charge in [0.2, 0.25) is 10.0 Å². The predicted molar refractivity (Wildman–Crippen MR) is 117 cm³/mol. The van der Waals surface area contributed by atoms with E-state index in [0.29, 0.717) is 0 Å². The van der Waals surface area contributed by atoms with Crippen LogP contribution in [0.4, 0.5) is 15.3 Å². The van der Waals surface area contributed by atoms with E-state index in [2.05, 4.69) is 4.72 Å². The first kappa shape index (κ1) is 27.0. The number of rotatable bonds is 7. The van der Waals surface area contributed by atoms with Gasteiger partial charge in [0.1, 0.15) is 11.2 Å². The van der Waals surface area contributed by atoms with Gasteiger partial charge in [0.05, 0.1) is 16.4 Å². The molecule has 0 heterocycles. The molecule has 1 N–H and O–H groups in total. The molecule has 178 valence electrons. The molecule has 0 saturated carbocycles. The van der Waals surface area contributed by atoms with Crippen molar-refractivity contribution in [3.63, 3.8) is 0 Å². The third kappa shape index (κ3) is 9.43. The van der Waals surface area contributed by atoms with Gasteiger partial charge in [0.25, 0.3) is 5.69 Å². The molecule has 32 heavy (non-hydrogen) atoms. The molecule has 0 aliphatic heterocycles. The molecule has 1 aromatic carbocycles. The smallest absolute Gasteiger partial charge is 0.420 e. The van der Waals surface area contributed by atoms with Gasteiger partial charge in [0.15, 0.2) is 0 Å². The number of nitro groups is 1. The van der Waals surface area contributed by atoms with Crippen LogP contribution in [0.1, 0.15) is 41.5 Å². The summed E-state index contributed by atoms with van der Waals surface area (Å²) < 4.78 is 37.3. The van der Waals surface area contributed by atoms with E-state index in [1.54, 1.807) is 41.5 Å². The number of carbonyl (C=O) groups is 2. The Bertz CT molecular complexity index is 930. The maximum absolute atomic E-state index is 12.4. The first-order valence-electron chi connectivity index (χ1n) is 9.64. The lowest BCUT2D eigenvalue weighted by Gasteiger charge is -2.28. The lowest BCUT2D eigenvalue weighted by molar-refractivity contribution is -0.384. The van der Waals surface area contributed by atoms with Crippen molar-refractivity contribution in [2.24, 2.45) is 0 Å². The zero-order valence-electron chi connectivity index (χ0n) is 18.9. The van der Waals surface area contributed by atoms with Crippen LogP contribution in [0.5, 0.6) is 0 Å². The third-order valence-electron chi connectivity index (χ3n) is 3.43. The minimum atomic E-state index is -3.90. The van der Waals surface area contributed by atoms with Crippen LogP contribution in [0.25, 0.3) is 0 Å². The Morgan fingerprint density at radius 2 is 1.47 bits per heavy atom. The molecule has 1 rings (SSSR count). The van der Waals surface area contributed by atoms with Gasteiger partial charge in [-0.1, -0.05) is 12.2 Å². The Morgan fingerprint density at radius 1 is 1.00 bits per heavy atom. The van der Waals surface area contributed by atoms with E-state index < -0.39 is 38.3 Å². The quantitative estimate of drug-likeness (QED) is 0.361. The third-order valence-corrected chi connectivity index (χ3v) is 4.87. The monoisotopic (exact) mass is 471 g/mol. The number of non-ortho nitro benzene ring substituents is 1. The van der Waals surface area contributed by atoms with Crippen molar-refractivity contribution >= 4 is 27.9 Å². The number of nitro benzene ring substituents is 1. The minimum Gasteiger partial charge on any atom is -0.443 e. The fourth-order valence-electron chi connectivity index (χ4n) is 2.11. The summed E-state index contributed by atoms with van der Waals surface area (Å²) in [4.78, 5) is 35.4. The summed E-state index contributed by atoms with van der Waals surface area (Å²) in [7, 11) is -3.90. The lowest BCUT2D eigenvalue weighted by Crippen LogP contribution is -2.43. The van der Waals surface area contributed by atoms with Crippen LogP contribution in [0.15, 0.2) is 41.3 Å². The van der Waals surface area contributed by atoms with Gasteiger partial charge in [-0.25, -0.2) is 27.6 Å². The van der Waals surface area contributed by atoms with Gasteiger partial charge in [-0.2, -0.15) is 0 Å². The van der Waals surface area contributed by atoms with Crippen molar-refractivity contribution in [2.75, 3.05) is 13.1 Å². The van der Waals surface area contributed by atoms with Gasteiger partial charge in [-0.3, -0.25) is 10.1 Å². The minimum absolute atomic E-state index is 0.138. The second-order valence-corrected chi connectivity index (χ2v) is 10.4. The molecule has 0 saturated heterocycles. The molecule has 0 atom stereocenters. The Kier molecular flexibility index (Phi) is 8.92. The molecule has 0 spiro atoms. The molecule has 12 heteroatoms. The van der Waals surface area contributed by atoms with E-state index in [1.807, 2.05) is 0 Å². The fraction of sp³-hybridized carbons (Fsp3) is 0.500. The Morgan fingerprint density at radius 3 is 1.88 bits per heavy atom. The van der Waals surface area contributed by atoms with E-state index in [0.717, 1.165) is 29.2 Å². The Labute approximate surface area is 187 Å². The molecule has 0 aromatic heterocycles. The first-order chi connectivity index (χ1) is 14.5. The number of hydrogen-bond donors (Lipinski definition) is 1. The predicted octanol–water partition coefficient (Wildman–Crippen LogP) is 3.60. The zero-order valence-corrected chi connectivity index (χ0v) is 19.8. The van der Waals surface area contributed by atoms with E-state index in [1.165, 1.54) is 12.2 Å². The topological polar surface area (TPSA) is 145 Å². The first-order valence-corrected chi connectivity index (χ1v) is 11.1. The maximum Gasteiger partial charge on any atom is 0.420 e. The number of sulfonamides is 1. The number of benzene rings is 1. The largest absolute Gasteiger partial charge is 0.443 e. The normalized spacial score (nSPS) is 12.4. The molecule has 11 nitrogen and oxygen atoms in total. The highest BCUT2D eigenvalue weighted by molar-refractivity contribution is 7.89. The average Bonchev–Trinajstić information content (AvgIpc) is 2.61. The summed E-state index contributed by atoms with van der Waals surface area (Å²) in [6.45, 7) is 9.57. The van der Waals surface area contributed by atoms with E-state index in [-0.39, 0.29) is 23.7 Å². The van der Waals surface area contributed by atoms with Crippen LogP contribution < -0.4 is 4.72 Å². The summed E-state index contributed by atoms with van der Waals surface area (Å²) in [5.41, 5.74) is -1.89. The number of hydrogen-bond acceptors (Lipinski definition) is 8. The standard InChI is InChI=1S/C20H29N3O8S/c1-19(2,3)30-17(24)22(18(25)31-20(4,5)6)14-8-7-13-21-32(28,29)16-11-9-15(10-12-16)23(26)27/h7-12,21H,13-14H2,1-6H3/b8-7+. The summed E-state index contributed by atoms with van der Waals surface area (Å²) in [5.74, 6) is 0. The van der Waals surface area contributed by atoms with Crippen molar-refractivity contribution in [3.05, 3.63) is 46.5 Å². The van der Waals surface area contributed by atoms with Crippen LogP contribution in [-0.2, 0) is 19.5 Å². The number of ether oxygens (including phenoxy) is 2. The van der Waals surface area contributed by atoms with Crippen LogP contribution in [0, 0.1) is 10.1 Å². The molecule has 0 aliphatic rings. The number of amides is 2. The van der Waals surface area contributed by atoms with Gasteiger partial charge in [0, 0.05) is 18.7 Å². The number of nitrogens with one attached hydrogen (secondary N) is 1. The van der Waals surface area contributed by atoms with Gasteiger partial charge in [-0.05, 0) is 53.7 Å². The van der Waals surface area contributed by atoms with Crippen molar-refractivity contribution in [1.82, 2.24) is 9.62 Å². The van der Waals surface area contributed by atoms with Gasteiger partial charge >= 0.3 is 12.2 Å². The van der Waals surface area contributed by atoms with Crippen molar-refractivity contribution < 1.29 is 32.4 Å². The van der Waals surface area contributed by atoms with Crippen molar-refractivity contribution in [3.8, 4) is 0 Å². The second-order valence-electron chi connectivity index (χ2n) is 8.65. The molecular formula is C20H29N3O8S. The van der Waals surface area contributed by atoms with Crippen LogP contribution in [0.3, 0.4) is 0 Å². The van der Waals surface area contributed by atoms with Crippen LogP contribution >= 0.6 is 0 Å². The molecular weight excluding hydrogens is 442 g/mol. The highest BCUT2D eigenvalue weighted by atomic mass is 32.2. The Balaban J connectivity index is 2.80. The zero-order chi connectivity index (χ0) is 24.7. The number of carbonyl (C=O) groups excluding carboxylic acids is 2. The molecule has 0 aliphatic carbocycles. The summed E-state index contributed by atoms with van der Waals surface area (Å²) in [6.07, 6.45) is 1.02. The van der Waals surface area contributed by atoms with Crippen LogP contribution in [0.2, 0.25) is 0 Å². The SMILES string of the molecule is CC(C)(C)OC(=O)N(C/C=C/CNS(=O)(=O)c1ccc([N+](=O)[O-])cc1)C(=O)OC(C)(C)C. The fourth-order valence-corrected chi connectivity index (χ4v) is 3.09. The lowest BCUT2D eigenvalue weighted by atomic mass is 10.2. The summed E-state index contributed by atoms with van der Waals surface area (Å²) in [5, 5.41) is 10.7. The van der Waals surface area contributed by atoms with Crippen molar-refractivity contribution in [1.29, 1.82) is 0 Å². The summed E-state index contributed by atoms with van der Waals surface area (Å²) in [6, 6.07) is 4.42. The highest BCUT2D eigenvalue weighted by Crippen LogP contribution is 2.16. The number of imide groups is 1. The van der Waals surface area contributed by atoms with Crippen LogP contribution in [-0.4, -0.2) is 54.7 Å². The molecule has 0 fully saturated rings. The molecule has 0 bridgehead atoms. The highest BCUT2D eigenvalue weighted by Gasteiger charge is 2.30. The number of nitrogens with zero attached hydrogens (tertiary/aromatic N) is 2. The van der Waals surface area contributed by atoms with Gasteiger partial charge in [-0.15, -0.1) is 0 Å². The maximum atomic E-state index is 12.4. The average molecular weight is 472 g/mol. The van der Waals surface area contributed by atoms with Crippen molar-refractivity contribution in [2.45, 2.75) is 57.6 Å². The van der Waals surface area contributed by atoms with E-state index in [4.69, 9.17) is 9.47 Å². The molecule has 0 radical (unpaired) electrons. The molecule has 1 aromatic rings. The molecule has 0 unspecified atom stereocenters. The van der Waals surface area contributed by atoms with Gasteiger partial charge < -0.3 is 9.47 Å². The summed E-state index contributed by atoms with van der Waals surface area (Å²) >= 11 is 0. The van der Waals surface area contributed by atoms with E-state index >= 15 is 0 Å². The second kappa shape index (κ2) is 10.6. The molecule has 2 amide bonds. The van der Waals surface area contributed by atoms with E-state index in [9.17, 15) is 28.1 Å². The Hall–Kier alpha value is -2.99.